The molecule has 9 nitrogen and oxygen atoms in total. The van der Waals surface area contributed by atoms with E-state index in [1.807, 2.05) is 0 Å². The molecule has 3 aromatic carbocycles. The largest absolute Gasteiger partial charge is 0.496 e. The number of nitrogens with one attached hydrogen (secondary N) is 1. The quantitative estimate of drug-likeness (QED) is 0.276. The van der Waals surface area contributed by atoms with Gasteiger partial charge in [-0.05, 0) is 60.5 Å². The number of fused-ring (bicyclic) bond motifs is 1. The van der Waals surface area contributed by atoms with E-state index in [1.54, 1.807) is 42.6 Å². The van der Waals surface area contributed by atoms with Gasteiger partial charge in [-0.1, -0.05) is 17.7 Å². The lowest BCUT2D eigenvalue weighted by Gasteiger charge is -2.16. The van der Waals surface area contributed by atoms with Crippen molar-refractivity contribution in [3.8, 4) is 17.2 Å². The van der Waals surface area contributed by atoms with Crippen molar-refractivity contribution < 1.29 is 28.2 Å². The second kappa shape index (κ2) is 9.88. The fourth-order valence-electron chi connectivity index (χ4n) is 4.63. The van der Waals surface area contributed by atoms with Crippen molar-refractivity contribution in [1.82, 2.24) is 4.98 Å². The number of carbonyl (C=O) groups excluding carboxylic acids is 3. The van der Waals surface area contributed by atoms with Crippen LogP contribution >= 0.6 is 11.6 Å². The van der Waals surface area contributed by atoms with Gasteiger partial charge in [0.25, 0.3) is 5.91 Å². The first-order valence-electron chi connectivity index (χ1n) is 11.7. The van der Waals surface area contributed by atoms with Crippen molar-refractivity contribution in [2.24, 2.45) is 16.9 Å². The van der Waals surface area contributed by atoms with Gasteiger partial charge in [0.2, 0.25) is 11.8 Å². The average molecular weight is 549 g/mol. The van der Waals surface area contributed by atoms with E-state index >= 15 is 0 Å². The third kappa shape index (κ3) is 4.70. The summed E-state index contributed by atoms with van der Waals surface area (Å²) in [6.45, 7) is 0. The van der Waals surface area contributed by atoms with Crippen molar-refractivity contribution in [2.45, 2.75) is 12.3 Å². The van der Waals surface area contributed by atoms with Crippen LogP contribution in [0.5, 0.6) is 17.2 Å². The van der Waals surface area contributed by atoms with Gasteiger partial charge < -0.3 is 26.3 Å². The minimum atomic E-state index is -1.49. The summed E-state index contributed by atoms with van der Waals surface area (Å²) in [5.41, 5.74) is 11.2. The molecule has 1 heterocycles. The van der Waals surface area contributed by atoms with Crippen molar-refractivity contribution in [3.63, 3.8) is 0 Å². The molecule has 4 aromatic rings. The van der Waals surface area contributed by atoms with Gasteiger partial charge >= 0.3 is 0 Å². The van der Waals surface area contributed by atoms with Crippen LogP contribution in [0.2, 0.25) is 5.02 Å². The van der Waals surface area contributed by atoms with E-state index in [2.05, 4.69) is 10.3 Å². The Balaban J connectivity index is 1.41. The van der Waals surface area contributed by atoms with Crippen LogP contribution in [0.1, 0.15) is 28.3 Å². The third-order valence-electron chi connectivity index (χ3n) is 6.77. The Kier molecular flexibility index (Phi) is 6.57. The predicted octanol–water partition coefficient (Wildman–Crippen LogP) is 4.52. The lowest BCUT2D eigenvalue weighted by Crippen LogP contribution is -2.37. The topological polar surface area (TPSA) is 147 Å². The van der Waals surface area contributed by atoms with Crippen LogP contribution in [-0.4, -0.2) is 29.8 Å². The number of hydrogen-bond acceptors (Lipinski definition) is 6. The maximum absolute atomic E-state index is 13.2. The van der Waals surface area contributed by atoms with E-state index in [9.17, 15) is 18.8 Å². The van der Waals surface area contributed by atoms with Gasteiger partial charge in [0, 0.05) is 34.3 Å². The molecule has 39 heavy (non-hydrogen) atoms. The molecule has 0 radical (unpaired) electrons. The van der Waals surface area contributed by atoms with Crippen LogP contribution in [0.4, 0.5) is 10.1 Å². The summed E-state index contributed by atoms with van der Waals surface area (Å²) >= 11 is 6.57. The number of methoxy groups -OCH3 is 1. The molecule has 0 saturated heterocycles. The molecule has 5 N–H and O–H groups in total. The van der Waals surface area contributed by atoms with Crippen LogP contribution in [0.15, 0.2) is 66.9 Å². The summed E-state index contributed by atoms with van der Waals surface area (Å²) in [6, 6.07) is 14.8. The van der Waals surface area contributed by atoms with Crippen molar-refractivity contribution in [3.05, 3.63) is 88.8 Å². The second-order valence-electron chi connectivity index (χ2n) is 9.08. The lowest BCUT2D eigenvalue weighted by molar-refractivity contribution is -0.132. The number of pyridine rings is 1. The fraction of sp³-hybridized carbons (Fsp3) is 0.143. The Labute approximate surface area is 226 Å². The first-order valence-corrected chi connectivity index (χ1v) is 12.1. The highest BCUT2D eigenvalue weighted by molar-refractivity contribution is 6.32. The molecule has 1 aromatic heterocycles. The van der Waals surface area contributed by atoms with Gasteiger partial charge in [-0.2, -0.15) is 0 Å². The first-order chi connectivity index (χ1) is 18.6. The zero-order valence-electron chi connectivity index (χ0n) is 20.5. The number of aromatic nitrogens is 1. The number of ether oxygens (including phenoxy) is 2. The van der Waals surface area contributed by atoms with Gasteiger partial charge in [0.05, 0.1) is 18.2 Å². The maximum atomic E-state index is 13.2. The van der Waals surface area contributed by atoms with E-state index in [-0.39, 0.29) is 22.8 Å². The van der Waals surface area contributed by atoms with E-state index < -0.39 is 34.9 Å². The zero-order chi connectivity index (χ0) is 27.9. The van der Waals surface area contributed by atoms with Gasteiger partial charge in [0.1, 0.15) is 28.5 Å². The van der Waals surface area contributed by atoms with E-state index in [0.717, 1.165) is 0 Å². The number of benzene rings is 3. The minimum absolute atomic E-state index is 0.169. The van der Waals surface area contributed by atoms with Gasteiger partial charge in [0.15, 0.2) is 0 Å². The molecular formula is C28H22ClFN4O5. The second-order valence-corrected chi connectivity index (χ2v) is 9.49. The first kappa shape index (κ1) is 25.9. The number of amides is 3. The van der Waals surface area contributed by atoms with Gasteiger partial charge in [-0.3, -0.25) is 19.4 Å². The standard InChI is InChI=1S/C28H22ClFN4O5/c1-38-24-12-22-18(11-19(24)25(31)35)23(8-9-33-22)39-16-6-7-17(21(29)10-16)20-13-28(20,26(32)36)27(37)34-15-4-2-14(30)3-5-15/h2-12,20H,13H2,1H3,(H2,31,35)(H2,32,36)(H,34,37). The summed E-state index contributed by atoms with van der Waals surface area (Å²) < 4.78 is 24.5. The zero-order valence-corrected chi connectivity index (χ0v) is 21.3. The number of rotatable bonds is 8. The van der Waals surface area contributed by atoms with Gasteiger partial charge in [-0.25, -0.2) is 4.39 Å². The van der Waals surface area contributed by atoms with Gasteiger partial charge in [-0.15, -0.1) is 0 Å². The molecule has 0 bridgehead atoms. The minimum Gasteiger partial charge on any atom is -0.496 e. The highest BCUT2D eigenvalue weighted by Gasteiger charge is 2.65. The number of nitrogens with zero attached hydrogens (tertiary/aromatic N) is 1. The monoisotopic (exact) mass is 548 g/mol. The van der Waals surface area contributed by atoms with E-state index in [1.165, 1.54) is 31.4 Å². The van der Waals surface area contributed by atoms with E-state index in [0.29, 0.717) is 33.7 Å². The summed E-state index contributed by atoms with van der Waals surface area (Å²) in [4.78, 5) is 41.7. The summed E-state index contributed by atoms with van der Waals surface area (Å²) in [7, 11) is 1.43. The van der Waals surface area contributed by atoms with Crippen LogP contribution < -0.4 is 26.3 Å². The van der Waals surface area contributed by atoms with Crippen LogP contribution in [-0.2, 0) is 9.59 Å². The number of anilines is 1. The lowest BCUT2D eigenvalue weighted by atomic mass is 9.97. The molecule has 11 heteroatoms. The Hall–Kier alpha value is -4.70. The number of primary amides is 2. The number of carbonyl (C=O) groups is 3. The number of hydrogen-bond donors (Lipinski definition) is 3. The smallest absolute Gasteiger partial charge is 0.252 e. The molecule has 1 aliphatic carbocycles. The molecule has 0 spiro atoms. The highest BCUT2D eigenvalue weighted by Crippen LogP contribution is 2.61. The highest BCUT2D eigenvalue weighted by atomic mass is 35.5. The predicted molar refractivity (Wildman–Crippen MR) is 142 cm³/mol. The Morgan fingerprint density at radius 1 is 1.05 bits per heavy atom. The average Bonchev–Trinajstić information content (AvgIpc) is 3.66. The Morgan fingerprint density at radius 2 is 1.79 bits per heavy atom. The SMILES string of the molecule is COc1cc2nccc(Oc3ccc(C4CC4(C(N)=O)C(=O)Nc4ccc(F)cc4)c(Cl)c3)c2cc1C(N)=O. The van der Waals surface area contributed by atoms with Crippen LogP contribution in [0.25, 0.3) is 10.9 Å². The molecule has 2 unspecified atom stereocenters. The van der Waals surface area contributed by atoms with E-state index in [4.69, 9.17) is 32.5 Å². The Bertz CT molecular complexity index is 1650. The molecule has 1 aliphatic rings. The van der Waals surface area contributed by atoms with Crippen molar-refractivity contribution in [2.75, 3.05) is 12.4 Å². The fourth-order valence-corrected chi connectivity index (χ4v) is 4.93. The summed E-state index contributed by atoms with van der Waals surface area (Å²) in [5, 5.41) is 3.43. The maximum Gasteiger partial charge on any atom is 0.252 e. The van der Waals surface area contributed by atoms with Crippen LogP contribution in [0.3, 0.4) is 0 Å². The third-order valence-corrected chi connectivity index (χ3v) is 7.10. The summed E-state index contributed by atoms with van der Waals surface area (Å²) in [6.07, 6.45) is 1.71. The molecule has 1 saturated carbocycles. The normalized spacial score (nSPS) is 17.9. The molecule has 198 valence electrons. The molecule has 1 fully saturated rings. The van der Waals surface area contributed by atoms with Crippen LogP contribution in [0, 0.1) is 11.2 Å². The van der Waals surface area contributed by atoms with Crippen molar-refractivity contribution >= 4 is 45.9 Å². The molecule has 3 amide bonds. The number of halogens is 2. The molecule has 2 atom stereocenters. The number of nitrogens with two attached hydrogens (primary N) is 2. The summed E-state index contributed by atoms with van der Waals surface area (Å²) in [5.74, 6) is -1.99. The molecule has 0 aliphatic heterocycles. The molecule has 5 rings (SSSR count). The van der Waals surface area contributed by atoms with Crippen molar-refractivity contribution in [1.29, 1.82) is 0 Å². The Morgan fingerprint density at radius 3 is 2.44 bits per heavy atom. The molecular weight excluding hydrogens is 527 g/mol.